The van der Waals surface area contributed by atoms with Crippen molar-refractivity contribution in [2.24, 2.45) is 0 Å². The molecule has 1 aliphatic carbocycles. The zero-order valence-corrected chi connectivity index (χ0v) is 12.3. The minimum atomic E-state index is 0.574. The van der Waals surface area contributed by atoms with E-state index in [1.165, 1.54) is 12.8 Å². The van der Waals surface area contributed by atoms with E-state index in [4.69, 9.17) is 4.52 Å². The van der Waals surface area contributed by atoms with E-state index in [0.29, 0.717) is 5.92 Å². The molecule has 3 rings (SSSR count). The molecule has 0 aliphatic heterocycles. The number of rotatable bonds is 4. The lowest BCUT2D eigenvalue weighted by Crippen LogP contribution is -1.95. The van der Waals surface area contributed by atoms with Crippen molar-refractivity contribution in [1.29, 1.82) is 0 Å². The molecule has 2 heterocycles. The van der Waals surface area contributed by atoms with Crippen LogP contribution in [0.15, 0.2) is 16.8 Å². The lowest BCUT2D eigenvalue weighted by Gasteiger charge is -1.98. The summed E-state index contributed by atoms with van der Waals surface area (Å²) in [4.78, 5) is 0. The Labute approximate surface area is 114 Å². The van der Waals surface area contributed by atoms with Gasteiger partial charge in [0.25, 0.3) is 0 Å². The quantitative estimate of drug-likeness (QED) is 0.834. The summed E-state index contributed by atoms with van der Waals surface area (Å²) in [5.74, 6) is 1.62. The van der Waals surface area contributed by atoms with Crippen molar-refractivity contribution in [1.82, 2.24) is 14.9 Å². The van der Waals surface area contributed by atoms with Gasteiger partial charge in [0.2, 0.25) is 0 Å². The fraction of sp³-hybridized carbons (Fsp3) is 0.600. The van der Waals surface area contributed by atoms with E-state index < -0.39 is 0 Å². The van der Waals surface area contributed by atoms with Gasteiger partial charge in [-0.15, -0.1) is 0 Å². The summed E-state index contributed by atoms with van der Waals surface area (Å²) < 4.78 is 7.45. The molecule has 0 saturated heterocycles. The second-order valence-corrected chi connectivity index (χ2v) is 4.55. The lowest BCUT2D eigenvalue weighted by atomic mass is 10.1. The summed E-state index contributed by atoms with van der Waals surface area (Å²) >= 11 is 0. The van der Waals surface area contributed by atoms with Crippen LogP contribution in [0.3, 0.4) is 0 Å². The molecule has 0 radical (unpaired) electrons. The highest BCUT2D eigenvalue weighted by molar-refractivity contribution is 5.65. The maximum Gasteiger partial charge on any atom is 0.149 e. The van der Waals surface area contributed by atoms with Crippen LogP contribution in [-0.4, -0.2) is 14.9 Å². The van der Waals surface area contributed by atoms with Crippen molar-refractivity contribution in [2.75, 3.05) is 0 Å². The van der Waals surface area contributed by atoms with Crippen LogP contribution >= 0.6 is 0 Å². The Morgan fingerprint density at radius 1 is 1.32 bits per heavy atom. The van der Waals surface area contributed by atoms with E-state index in [1.807, 2.05) is 24.7 Å². The van der Waals surface area contributed by atoms with Crippen LogP contribution in [-0.2, 0) is 13.0 Å². The lowest BCUT2D eigenvalue weighted by molar-refractivity contribution is 0.379. The molecule has 1 saturated carbocycles. The molecular weight excluding hydrogens is 238 g/mol. The highest BCUT2D eigenvalue weighted by atomic mass is 16.5. The predicted octanol–water partition coefficient (Wildman–Crippen LogP) is 4.02. The Hall–Kier alpha value is -1.58. The van der Waals surface area contributed by atoms with Crippen LogP contribution < -0.4 is 0 Å². The molecule has 1 fully saturated rings. The maximum absolute atomic E-state index is 5.51. The molecule has 1 aliphatic rings. The molecule has 0 bridgehead atoms. The first-order chi connectivity index (χ1) is 9.33. The summed E-state index contributed by atoms with van der Waals surface area (Å²) in [6.45, 7) is 9.09. The monoisotopic (exact) mass is 261 g/mol. The summed E-state index contributed by atoms with van der Waals surface area (Å²) in [6, 6.07) is 2.06. The number of hydrogen-bond acceptors (Lipinski definition) is 3. The van der Waals surface area contributed by atoms with Crippen LogP contribution in [0.25, 0.3) is 11.3 Å². The third-order valence-corrected chi connectivity index (χ3v) is 3.29. The molecule has 0 amide bonds. The average molecular weight is 261 g/mol. The predicted molar refractivity (Wildman–Crippen MR) is 76.1 cm³/mol. The van der Waals surface area contributed by atoms with Gasteiger partial charge < -0.3 is 4.52 Å². The van der Waals surface area contributed by atoms with Gasteiger partial charge in [0.15, 0.2) is 0 Å². The van der Waals surface area contributed by atoms with E-state index in [0.717, 1.165) is 35.7 Å². The fourth-order valence-corrected chi connectivity index (χ4v) is 2.15. The largest absolute Gasteiger partial charge is 0.360 e. The smallest absolute Gasteiger partial charge is 0.149 e. The van der Waals surface area contributed by atoms with Gasteiger partial charge in [0, 0.05) is 18.7 Å². The van der Waals surface area contributed by atoms with E-state index in [1.54, 1.807) is 0 Å². The highest BCUT2D eigenvalue weighted by Gasteiger charge is 2.33. The Morgan fingerprint density at radius 3 is 2.58 bits per heavy atom. The van der Waals surface area contributed by atoms with Gasteiger partial charge in [0.05, 0.1) is 17.0 Å². The molecule has 0 atom stereocenters. The van der Waals surface area contributed by atoms with Gasteiger partial charge in [-0.1, -0.05) is 25.9 Å². The van der Waals surface area contributed by atoms with Crippen LogP contribution in [0.2, 0.25) is 0 Å². The Bertz CT molecular complexity index is 523. The molecule has 4 heteroatoms. The third kappa shape index (κ3) is 2.72. The summed E-state index contributed by atoms with van der Waals surface area (Å²) in [7, 11) is 0. The minimum absolute atomic E-state index is 0.574. The molecule has 0 unspecified atom stereocenters. The molecule has 19 heavy (non-hydrogen) atoms. The SMILES string of the molecule is CC.CCc1noc(C2CC2)c1-c1ccn(CC)n1. The van der Waals surface area contributed by atoms with Gasteiger partial charge in [0.1, 0.15) is 5.76 Å². The van der Waals surface area contributed by atoms with Gasteiger partial charge >= 0.3 is 0 Å². The van der Waals surface area contributed by atoms with Gasteiger partial charge in [-0.2, -0.15) is 5.10 Å². The molecule has 104 valence electrons. The Balaban J connectivity index is 0.000000637. The number of aryl methyl sites for hydroxylation is 2. The first-order valence-corrected chi connectivity index (χ1v) is 7.35. The fourth-order valence-electron chi connectivity index (χ4n) is 2.15. The molecule has 0 aromatic carbocycles. The van der Waals surface area contributed by atoms with Crippen LogP contribution in [0, 0.1) is 0 Å². The summed E-state index contributed by atoms with van der Waals surface area (Å²) in [6.07, 6.45) is 5.35. The number of aromatic nitrogens is 3. The second kappa shape index (κ2) is 6.04. The van der Waals surface area contributed by atoms with Crippen molar-refractivity contribution in [2.45, 2.75) is 59.4 Å². The van der Waals surface area contributed by atoms with Gasteiger partial charge in [-0.25, -0.2) is 0 Å². The standard InChI is InChI=1S/C13H17N3O.C2H6/c1-3-10-12(11-7-8-16(4-2)14-11)13(17-15-10)9-5-6-9;1-2/h7-9H,3-6H2,1-2H3;1-2H3. The highest BCUT2D eigenvalue weighted by Crippen LogP contribution is 2.45. The summed E-state index contributed by atoms with van der Waals surface area (Å²) in [5, 5.41) is 8.75. The van der Waals surface area contributed by atoms with Crippen molar-refractivity contribution in [3.63, 3.8) is 0 Å². The number of nitrogens with zero attached hydrogens (tertiary/aromatic N) is 3. The number of hydrogen-bond donors (Lipinski definition) is 0. The van der Waals surface area contributed by atoms with Crippen LogP contribution in [0.1, 0.15) is 57.9 Å². The average Bonchev–Trinajstić information content (AvgIpc) is 3.06. The van der Waals surface area contributed by atoms with Crippen molar-refractivity contribution in [3.8, 4) is 11.3 Å². The van der Waals surface area contributed by atoms with Crippen molar-refractivity contribution in [3.05, 3.63) is 23.7 Å². The second-order valence-electron chi connectivity index (χ2n) is 4.55. The first-order valence-electron chi connectivity index (χ1n) is 7.35. The molecule has 2 aromatic rings. The minimum Gasteiger partial charge on any atom is -0.360 e. The maximum atomic E-state index is 5.51. The van der Waals surface area contributed by atoms with E-state index >= 15 is 0 Å². The molecule has 0 N–H and O–H groups in total. The van der Waals surface area contributed by atoms with Crippen molar-refractivity contribution < 1.29 is 4.52 Å². The van der Waals surface area contributed by atoms with Crippen molar-refractivity contribution >= 4 is 0 Å². The van der Waals surface area contributed by atoms with E-state index in [2.05, 4.69) is 30.2 Å². The van der Waals surface area contributed by atoms with E-state index in [-0.39, 0.29) is 0 Å². The Kier molecular flexibility index (Phi) is 4.40. The molecule has 2 aromatic heterocycles. The summed E-state index contributed by atoms with van der Waals surface area (Å²) in [5.41, 5.74) is 3.18. The van der Waals surface area contributed by atoms with Gasteiger partial charge in [-0.05, 0) is 32.3 Å². The third-order valence-electron chi connectivity index (χ3n) is 3.29. The van der Waals surface area contributed by atoms with Crippen LogP contribution in [0.5, 0.6) is 0 Å². The molecular formula is C15H23N3O. The Morgan fingerprint density at radius 2 is 2.05 bits per heavy atom. The zero-order valence-electron chi connectivity index (χ0n) is 12.3. The topological polar surface area (TPSA) is 43.9 Å². The van der Waals surface area contributed by atoms with E-state index in [9.17, 15) is 0 Å². The zero-order chi connectivity index (χ0) is 13.8. The molecule has 4 nitrogen and oxygen atoms in total. The van der Waals surface area contributed by atoms with Gasteiger partial charge in [-0.3, -0.25) is 4.68 Å². The molecule has 0 spiro atoms. The van der Waals surface area contributed by atoms with Crippen LogP contribution in [0.4, 0.5) is 0 Å². The normalized spacial score (nSPS) is 14.1. The first kappa shape index (κ1) is 13.8.